The molecule has 5 heteroatoms. The summed E-state index contributed by atoms with van der Waals surface area (Å²) in [6.45, 7) is 14.2. The molecule has 0 atom stereocenters. The molecule has 446 valence electrons. The van der Waals surface area contributed by atoms with Gasteiger partial charge in [0.1, 0.15) is 8.07 Å². The van der Waals surface area contributed by atoms with E-state index in [1.165, 1.54) is 71.4 Å². The lowest BCUT2D eigenvalue weighted by molar-refractivity contribution is 0.632. The van der Waals surface area contributed by atoms with E-state index in [2.05, 4.69) is 220 Å². The predicted molar refractivity (Wildman–Crippen MR) is 390 cm³/mol. The van der Waals surface area contributed by atoms with Gasteiger partial charge in [-0.05, 0) is 200 Å². The van der Waals surface area contributed by atoms with Crippen molar-refractivity contribution in [1.29, 1.82) is 0 Å². The molecule has 0 saturated heterocycles. The monoisotopic (exact) mass is 1220 g/mol. The highest BCUT2D eigenvalue weighted by molar-refractivity contribution is 7.03. The summed E-state index contributed by atoms with van der Waals surface area (Å²) in [6, 6.07) is 102. The number of fused-ring (bicyclic) bond motifs is 10. The molecule has 1 aliphatic heterocycles. The fourth-order valence-electron chi connectivity index (χ4n) is 15.9. The minimum absolute atomic E-state index is 0.286. The Morgan fingerprint density at radius 3 is 1.18 bits per heavy atom. The van der Waals surface area contributed by atoms with Crippen molar-refractivity contribution in [2.24, 2.45) is 0 Å². The van der Waals surface area contributed by atoms with Crippen LogP contribution in [0.1, 0.15) is 49.9 Å². The zero-order valence-electron chi connectivity index (χ0n) is 52.9. The van der Waals surface area contributed by atoms with Crippen LogP contribution >= 0.6 is 0 Å². The Morgan fingerprint density at radius 1 is 0.280 bits per heavy atom. The SMILES string of the molecule is CC1(C)c2ccccc2-c2ccc(N(c3ccc4c(c3)[Si](C)(C)c3cccc5c3c-4cc3ccc(N(c4ccc6c(c4)C(C)(C)c4ccccc4-6)c4cc(-c6ccccc6)cc(-c6ccccc6)c4F)cc35)c3cc(-c4ccccc4)cc(-c4ccccc4)c3F)cc21. The zero-order chi connectivity index (χ0) is 63.1. The Morgan fingerprint density at radius 2 is 0.688 bits per heavy atom. The van der Waals surface area contributed by atoms with Crippen LogP contribution in [0.25, 0.3) is 99.4 Å². The Kier molecular flexibility index (Phi) is 12.8. The molecule has 0 saturated carbocycles. The van der Waals surface area contributed by atoms with Crippen LogP contribution in [0.4, 0.5) is 42.9 Å². The van der Waals surface area contributed by atoms with E-state index < -0.39 is 8.07 Å². The van der Waals surface area contributed by atoms with E-state index >= 15 is 8.78 Å². The zero-order valence-corrected chi connectivity index (χ0v) is 53.9. The van der Waals surface area contributed by atoms with E-state index in [4.69, 9.17) is 0 Å². The molecule has 17 rings (SSSR count). The minimum atomic E-state index is -2.61. The fraction of sp³-hybridized carbons (Fsp3) is 0.0909. The van der Waals surface area contributed by atoms with Crippen LogP contribution in [-0.4, -0.2) is 8.07 Å². The lowest BCUT2D eigenvalue weighted by atomic mass is 9.82. The van der Waals surface area contributed by atoms with Gasteiger partial charge in [-0.3, -0.25) is 0 Å². The van der Waals surface area contributed by atoms with Crippen LogP contribution in [0.5, 0.6) is 0 Å². The van der Waals surface area contributed by atoms with Crippen molar-refractivity contribution in [3.63, 3.8) is 0 Å². The molecule has 3 aliphatic rings. The van der Waals surface area contributed by atoms with Gasteiger partial charge in [-0.25, -0.2) is 8.78 Å². The van der Waals surface area contributed by atoms with Crippen molar-refractivity contribution < 1.29 is 8.78 Å². The second kappa shape index (κ2) is 21.2. The van der Waals surface area contributed by atoms with Gasteiger partial charge in [-0.1, -0.05) is 253 Å². The van der Waals surface area contributed by atoms with Gasteiger partial charge in [-0.2, -0.15) is 0 Å². The summed E-state index contributed by atoms with van der Waals surface area (Å²) in [5.74, 6) is -0.580. The molecular formula is C88H66F2N2Si. The molecule has 0 amide bonds. The molecule has 0 N–H and O–H groups in total. The average Bonchev–Trinajstić information content (AvgIpc) is 1.42. The summed E-state index contributed by atoms with van der Waals surface area (Å²) < 4.78 is 36.9. The molecule has 0 bridgehead atoms. The predicted octanol–water partition coefficient (Wildman–Crippen LogP) is 23.3. The van der Waals surface area contributed by atoms with E-state index in [0.29, 0.717) is 22.5 Å². The number of anilines is 6. The normalized spacial score (nSPS) is 14.1. The summed E-state index contributed by atoms with van der Waals surface area (Å²) >= 11 is 0. The van der Waals surface area contributed by atoms with E-state index in [0.717, 1.165) is 72.3 Å². The topological polar surface area (TPSA) is 6.48 Å². The molecule has 0 aromatic heterocycles. The quantitative estimate of drug-likeness (QED) is 0.0995. The van der Waals surface area contributed by atoms with Crippen molar-refractivity contribution in [1.82, 2.24) is 0 Å². The third-order valence-corrected chi connectivity index (χ3v) is 24.3. The molecule has 0 radical (unpaired) electrons. The molecule has 0 unspecified atom stereocenters. The fourth-order valence-corrected chi connectivity index (χ4v) is 19.0. The van der Waals surface area contributed by atoms with Gasteiger partial charge in [0.2, 0.25) is 0 Å². The second-order valence-electron chi connectivity index (χ2n) is 27.1. The molecule has 0 spiro atoms. The number of nitrogens with zero attached hydrogens (tertiary/aromatic N) is 2. The van der Waals surface area contributed by atoms with E-state index in [9.17, 15) is 0 Å². The van der Waals surface area contributed by atoms with E-state index in [-0.39, 0.29) is 22.5 Å². The van der Waals surface area contributed by atoms with Crippen LogP contribution in [0.2, 0.25) is 13.1 Å². The summed E-state index contributed by atoms with van der Waals surface area (Å²) in [4.78, 5) is 4.34. The Labute approximate surface area is 544 Å². The number of rotatable bonds is 10. The molecular weight excluding hydrogens is 1150 g/mol. The summed E-state index contributed by atoms with van der Waals surface area (Å²) in [5.41, 5.74) is 22.7. The standard InChI is InChI=1S/C88H66F2N2Si/c1-87(2)76-35-21-19-32-66(76)68-43-40-63(52-78(68)87)91(80-49-60(55-24-11-7-12-25-55)47-73(85(80)89)57-28-15-9-16-29-57)62-39-38-59-46-75-70-45-42-65(54-83(70)93(5,6)82-37-23-34-71(84(75)82)72(59)51-62)92(64-41-44-69-67-33-20-22-36-77(67)88(3,4)79(69)53-64)81-50-61(56-26-13-8-14-27-56)48-74(86(81)90)58-30-17-10-18-31-58/h7-54H,1-6H3. The lowest BCUT2D eigenvalue weighted by Gasteiger charge is -2.36. The first-order valence-corrected chi connectivity index (χ1v) is 35.3. The summed E-state index contributed by atoms with van der Waals surface area (Å²) in [6.07, 6.45) is 0. The van der Waals surface area contributed by atoms with Crippen LogP contribution < -0.4 is 20.2 Å². The van der Waals surface area contributed by atoms with Crippen molar-refractivity contribution in [3.8, 4) is 77.9 Å². The average molecular weight is 1220 g/mol. The van der Waals surface area contributed by atoms with Gasteiger partial charge in [0, 0.05) is 44.7 Å². The van der Waals surface area contributed by atoms with Gasteiger partial charge in [0.25, 0.3) is 0 Å². The van der Waals surface area contributed by atoms with Gasteiger partial charge >= 0.3 is 0 Å². The van der Waals surface area contributed by atoms with Gasteiger partial charge < -0.3 is 9.80 Å². The third-order valence-electron chi connectivity index (χ3n) is 20.7. The van der Waals surface area contributed by atoms with Gasteiger partial charge in [0.05, 0.1) is 11.4 Å². The van der Waals surface area contributed by atoms with Crippen LogP contribution in [-0.2, 0) is 10.8 Å². The Bertz CT molecular complexity index is 5380. The van der Waals surface area contributed by atoms with Crippen LogP contribution in [0.3, 0.4) is 0 Å². The Balaban J connectivity index is 0.862. The number of hydrogen-bond donors (Lipinski definition) is 0. The maximum Gasteiger partial charge on any atom is 0.155 e. The second-order valence-corrected chi connectivity index (χ2v) is 31.4. The number of halogens is 2. The largest absolute Gasteiger partial charge is 0.308 e. The smallest absolute Gasteiger partial charge is 0.155 e. The van der Waals surface area contributed by atoms with E-state index in [1.54, 1.807) is 0 Å². The minimum Gasteiger partial charge on any atom is -0.308 e. The lowest BCUT2D eigenvalue weighted by Crippen LogP contribution is -2.56. The first-order valence-electron chi connectivity index (χ1n) is 32.3. The van der Waals surface area contributed by atoms with Crippen LogP contribution in [0, 0.1) is 11.6 Å². The first kappa shape index (κ1) is 56.3. The Hall–Kier alpha value is -10.7. The van der Waals surface area contributed by atoms with Crippen molar-refractivity contribution in [2.45, 2.75) is 51.6 Å². The van der Waals surface area contributed by atoms with Gasteiger partial charge in [0.15, 0.2) is 11.6 Å². The number of hydrogen-bond acceptors (Lipinski definition) is 2. The molecule has 14 aromatic rings. The van der Waals surface area contributed by atoms with Crippen molar-refractivity contribution in [3.05, 3.63) is 325 Å². The third kappa shape index (κ3) is 8.77. The van der Waals surface area contributed by atoms with Crippen LogP contribution in [0.15, 0.2) is 291 Å². The maximum absolute atomic E-state index is 18.5. The highest BCUT2D eigenvalue weighted by Gasteiger charge is 2.40. The number of benzene rings is 14. The van der Waals surface area contributed by atoms with Crippen molar-refractivity contribution >= 4 is 74.1 Å². The first-order chi connectivity index (χ1) is 45.2. The molecule has 93 heavy (non-hydrogen) atoms. The molecule has 14 aromatic carbocycles. The van der Waals surface area contributed by atoms with E-state index in [1.807, 2.05) is 121 Å². The van der Waals surface area contributed by atoms with Crippen molar-refractivity contribution in [2.75, 3.05) is 9.80 Å². The molecule has 2 nitrogen and oxygen atoms in total. The summed E-state index contributed by atoms with van der Waals surface area (Å²) in [7, 11) is -2.61. The molecule has 1 heterocycles. The molecule has 2 aliphatic carbocycles. The highest BCUT2D eigenvalue weighted by atomic mass is 28.3. The highest BCUT2D eigenvalue weighted by Crippen LogP contribution is 2.55. The summed E-state index contributed by atoms with van der Waals surface area (Å²) in [5, 5.41) is 7.20. The maximum atomic E-state index is 18.5. The molecule has 0 fully saturated rings. The van der Waals surface area contributed by atoms with Gasteiger partial charge in [-0.15, -0.1) is 0 Å².